The number of alkyl carbamates (subject to hydrolysis) is 1. The van der Waals surface area contributed by atoms with Crippen molar-refractivity contribution >= 4 is 39.5 Å². The number of aryl methyl sites for hydroxylation is 1. The van der Waals surface area contributed by atoms with Crippen LogP contribution in [-0.4, -0.2) is 78.1 Å². The zero-order valence-electron chi connectivity index (χ0n) is 29.7. The Bertz CT molecular complexity index is 1170. The summed E-state index contributed by atoms with van der Waals surface area (Å²) in [5, 5.41) is 26.6. The number of aliphatic hydroxyl groups is 2. The van der Waals surface area contributed by atoms with Crippen molar-refractivity contribution in [3.63, 3.8) is 0 Å². The molecule has 11 heteroatoms. The minimum atomic E-state index is -0.813. The van der Waals surface area contributed by atoms with Crippen molar-refractivity contribution in [1.82, 2.24) is 16.0 Å². The van der Waals surface area contributed by atoms with E-state index in [2.05, 4.69) is 83.6 Å². The van der Waals surface area contributed by atoms with E-state index in [0.717, 1.165) is 51.4 Å². The molecule has 0 aliphatic carbocycles. The topological polar surface area (TPSA) is 137 Å². The standard InChI is InChI=1S/C39H59N3O6S2/c1-2-3-4-5-6-7-8-9-10-11-12-13-14-15-16-17-21-26-37(45)40-28-29-49-50-33-36(32-48-39(47)42-35(30-43)31-44)41-38(46)27-22-25-34-23-19-18-20-24-34/h3-4,6-7,9-10,12-13,15-16,18-20,23-24,35-36,43-44H,2,5,8,11,14,17,21-22,25-33H2,1H3,(H,40,45)(H,41,46)(H,42,47)/b4-3-,7-6-,10-9-,13-12-,16-15-. The lowest BCUT2D eigenvalue weighted by atomic mass is 10.1. The van der Waals surface area contributed by atoms with E-state index >= 15 is 0 Å². The summed E-state index contributed by atoms with van der Waals surface area (Å²) in [5.41, 5.74) is 1.17. The van der Waals surface area contributed by atoms with E-state index in [1.54, 1.807) is 10.8 Å². The van der Waals surface area contributed by atoms with Crippen molar-refractivity contribution in [2.75, 3.05) is 37.9 Å². The van der Waals surface area contributed by atoms with Gasteiger partial charge in [0.2, 0.25) is 11.8 Å². The Labute approximate surface area is 308 Å². The summed E-state index contributed by atoms with van der Waals surface area (Å²) in [7, 11) is 3.10. The number of benzene rings is 1. The maximum absolute atomic E-state index is 12.6. The molecule has 0 aromatic heterocycles. The van der Waals surface area contributed by atoms with Gasteiger partial charge in [0, 0.05) is 30.9 Å². The summed E-state index contributed by atoms with van der Waals surface area (Å²) < 4.78 is 5.25. The Hall–Kier alpha value is -3.25. The van der Waals surface area contributed by atoms with Crippen LogP contribution >= 0.6 is 21.6 Å². The summed E-state index contributed by atoms with van der Waals surface area (Å²) >= 11 is 0. The fourth-order valence-corrected chi connectivity index (χ4v) is 6.45. The number of hydrogen-bond acceptors (Lipinski definition) is 8. The zero-order valence-corrected chi connectivity index (χ0v) is 31.3. The lowest BCUT2D eigenvalue weighted by Crippen LogP contribution is -2.44. The van der Waals surface area contributed by atoms with E-state index in [1.807, 2.05) is 30.3 Å². The fourth-order valence-electron chi connectivity index (χ4n) is 4.32. The number of allylic oxidation sites excluding steroid dienone is 10. The average Bonchev–Trinajstić information content (AvgIpc) is 3.12. The molecule has 50 heavy (non-hydrogen) atoms. The molecule has 0 bridgehead atoms. The molecule has 1 atom stereocenters. The Morgan fingerprint density at radius 1 is 0.740 bits per heavy atom. The summed E-state index contributed by atoms with van der Waals surface area (Å²) in [6.45, 7) is 1.79. The van der Waals surface area contributed by atoms with Crippen LogP contribution in [0.2, 0.25) is 0 Å². The fraction of sp³-hybridized carbons (Fsp3) is 0.513. The number of carbonyl (C=O) groups excluding carboxylic acids is 3. The minimum absolute atomic E-state index is 0.0343. The van der Waals surface area contributed by atoms with Crippen molar-refractivity contribution in [3.8, 4) is 0 Å². The van der Waals surface area contributed by atoms with Gasteiger partial charge in [-0.25, -0.2) is 4.79 Å². The number of carbonyl (C=O) groups is 3. The van der Waals surface area contributed by atoms with Crippen LogP contribution in [0.1, 0.15) is 76.7 Å². The molecule has 1 aromatic rings. The van der Waals surface area contributed by atoms with E-state index in [1.165, 1.54) is 16.4 Å². The van der Waals surface area contributed by atoms with Crippen LogP contribution in [0.25, 0.3) is 0 Å². The van der Waals surface area contributed by atoms with Crippen LogP contribution in [0.5, 0.6) is 0 Å². The van der Waals surface area contributed by atoms with E-state index in [-0.39, 0.29) is 18.4 Å². The molecule has 0 radical (unpaired) electrons. The highest BCUT2D eigenvalue weighted by Crippen LogP contribution is 2.21. The maximum atomic E-state index is 12.6. The number of amides is 3. The Morgan fingerprint density at radius 3 is 1.96 bits per heavy atom. The molecule has 0 fully saturated rings. The monoisotopic (exact) mass is 729 g/mol. The molecule has 0 heterocycles. The molecule has 0 spiro atoms. The van der Waals surface area contributed by atoms with Gasteiger partial charge < -0.3 is 30.9 Å². The minimum Gasteiger partial charge on any atom is -0.447 e. The van der Waals surface area contributed by atoms with Crippen molar-refractivity contribution in [1.29, 1.82) is 0 Å². The van der Waals surface area contributed by atoms with Crippen molar-refractivity contribution in [3.05, 3.63) is 96.7 Å². The van der Waals surface area contributed by atoms with E-state index < -0.39 is 31.4 Å². The average molecular weight is 730 g/mol. The van der Waals surface area contributed by atoms with Crippen molar-refractivity contribution in [2.45, 2.75) is 89.6 Å². The number of aliphatic hydroxyl groups excluding tert-OH is 2. The predicted octanol–water partition coefficient (Wildman–Crippen LogP) is 6.99. The highest BCUT2D eigenvalue weighted by molar-refractivity contribution is 8.76. The largest absolute Gasteiger partial charge is 0.447 e. The van der Waals surface area contributed by atoms with E-state index in [0.29, 0.717) is 37.3 Å². The summed E-state index contributed by atoms with van der Waals surface area (Å²) in [5.74, 6) is 1.10. The molecule has 278 valence electrons. The first-order valence-corrected chi connectivity index (χ1v) is 20.2. The van der Waals surface area contributed by atoms with Crippen LogP contribution in [0, 0.1) is 0 Å². The van der Waals surface area contributed by atoms with Gasteiger partial charge in [-0.1, -0.05) is 120 Å². The Morgan fingerprint density at radius 2 is 1.34 bits per heavy atom. The molecule has 5 N–H and O–H groups in total. The van der Waals surface area contributed by atoms with Crippen LogP contribution in [-0.2, 0) is 20.7 Å². The van der Waals surface area contributed by atoms with E-state index in [9.17, 15) is 24.6 Å². The van der Waals surface area contributed by atoms with Gasteiger partial charge in [-0.15, -0.1) is 0 Å². The molecule has 9 nitrogen and oxygen atoms in total. The second-order valence-corrected chi connectivity index (χ2v) is 14.1. The summed E-state index contributed by atoms with van der Waals surface area (Å²) in [6.07, 6.45) is 29.8. The first-order chi connectivity index (χ1) is 24.5. The van der Waals surface area contributed by atoms with Gasteiger partial charge in [0.25, 0.3) is 0 Å². The third-order valence-electron chi connectivity index (χ3n) is 7.05. The molecule has 1 unspecified atom stereocenters. The number of ether oxygens (including phenoxy) is 1. The van der Waals surface area contributed by atoms with Crippen molar-refractivity contribution in [2.24, 2.45) is 0 Å². The molecule has 1 rings (SSSR count). The van der Waals surface area contributed by atoms with Gasteiger partial charge in [-0.2, -0.15) is 0 Å². The number of nitrogens with one attached hydrogen (secondary N) is 3. The maximum Gasteiger partial charge on any atom is 0.407 e. The van der Waals surface area contributed by atoms with Gasteiger partial charge in [0.15, 0.2) is 0 Å². The number of rotatable bonds is 29. The second kappa shape index (κ2) is 32.9. The number of hydrogen-bond donors (Lipinski definition) is 5. The quantitative estimate of drug-likeness (QED) is 0.0338. The van der Waals surface area contributed by atoms with Crippen LogP contribution in [0.3, 0.4) is 0 Å². The molecular formula is C39H59N3O6S2. The molecule has 0 aliphatic rings. The van der Waals surface area contributed by atoms with E-state index in [4.69, 9.17) is 4.74 Å². The molecule has 3 amide bonds. The molecular weight excluding hydrogens is 671 g/mol. The lowest BCUT2D eigenvalue weighted by molar-refractivity contribution is -0.122. The van der Waals surface area contributed by atoms with Gasteiger partial charge in [0.05, 0.1) is 25.3 Å². The van der Waals surface area contributed by atoms with Crippen molar-refractivity contribution < 1.29 is 29.3 Å². The molecule has 0 saturated heterocycles. The van der Waals surface area contributed by atoms with Gasteiger partial charge in [0.1, 0.15) is 6.61 Å². The second-order valence-electron chi connectivity index (χ2n) is 11.5. The first-order valence-electron chi connectivity index (χ1n) is 17.7. The Kier molecular flexibility index (Phi) is 29.5. The lowest BCUT2D eigenvalue weighted by Gasteiger charge is -2.20. The SMILES string of the molecule is CC/C=C\C/C=C\C/C=C\C/C=C\C/C=C\CCCC(=O)NCCSSCC(COC(=O)NC(CO)CO)NC(=O)CCCc1ccccc1. The smallest absolute Gasteiger partial charge is 0.407 e. The van der Waals surface area contributed by atoms with Crippen LogP contribution < -0.4 is 16.0 Å². The third kappa shape index (κ3) is 27.6. The first kappa shape index (κ1) is 44.8. The highest BCUT2D eigenvalue weighted by atomic mass is 33.1. The van der Waals surface area contributed by atoms with Gasteiger partial charge in [-0.3, -0.25) is 9.59 Å². The van der Waals surface area contributed by atoms with Crippen LogP contribution in [0.15, 0.2) is 91.1 Å². The van der Waals surface area contributed by atoms with Crippen LogP contribution in [0.4, 0.5) is 4.79 Å². The predicted molar refractivity (Wildman–Crippen MR) is 210 cm³/mol. The summed E-state index contributed by atoms with van der Waals surface area (Å²) in [4.78, 5) is 36.9. The normalized spacial score (nSPS) is 12.6. The third-order valence-corrected chi connectivity index (χ3v) is 9.53. The highest BCUT2D eigenvalue weighted by Gasteiger charge is 2.17. The number of unbranched alkanes of at least 4 members (excludes halogenated alkanes) is 1. The Balaban J connectivity index is 2.22. The zero-order chi connectivity index (χ0) is 36.3. The molecule has 1 aromatic carbocycles. The van der Waals surface area contributed by atoms with Gasteiger partial charge in [-0.05, 0) is 63.4 Å². The van der Waals surface area contributed by atoms with Gasteiger partial charge >= 0.3 is 6.09 Å². The molecule has 0 saturated carbocycles. The molecule has 0 aliphatic heterocycles. The summed E-state index contributed by atoms with van der Waals surface area (Å²) in [6, 6.07) is 8.73.